The first-order valence-corrected chi connectivity index (χ1v) is 17.4. The van der Waals surface area contributed by atoms with Crippen LogP contribution < -0.4 is 5.32 Å². The average molecular weight is 644 g/mol. The van der Waals surface area contributed by atoms with Crippen LogP contribution in [-0.4, -0.2) is 0 Å². The van der Waals surface area contributed by atoms with E-state index < -0.39 is 0 Å². The largest absolute Gasteiger partial charge is 0.456 e. The number of hydrogen-bond donors (Lipinski definition) is 1. The van der Waals surface area contributed by atoms with E-state index in [4.69, 9.17) is 4.42 Å². The van der Waals surface area contributed by atoms with Gasteiger partial charge < -0.3 is 9.73 Å². The molecule has 0 spiro atoms. The Hall–Kier alpha value is -6.16. The standard InChI is InChI=1S/C46H29NOS/c1-2-13-35-29(9-1)10-6-15-36(35)30-21-23-31(24-22-30)37-16-7-18-41-45(37)46-40(17-8-19-42(46)48-41)47-34-12-5-11-32(27-34)33-25-26-39-38-14-3-4-20-43(38)49-44(39)28-33/h1-28,47H. The molecule has 0 unspecified atom stereocenters. The van der Waals surface area contributed by atoms with E-state index in [0.29, 0.717) is 0 Å². The maximum atomic E-state index is 6.45. The molecule has 0 aliphatic heterocycles. The monoisotopic (exact) mass is 643 g/mol. The highest BCUT2D eigenvalue weighted by Gasteiger charge is 2.16. The van der Waals surface area contributed by atoms with Crippen molar-refractivity contribution in [1.82, 2.24) is 0 Å². The molecule has 0 aliphatic rings. The maximum absolute atomic E-state index is 6.45. The van der Waals surface area contributed by atoms with Crippen molar-refractivity contribution in [2.45, 2.75) is 0 Å². The molecule has 3 heteroatoms. The number of anilines is 2. The molecule has 0 saturated carbocycles. The molecule has 0 radical (unpaired) electrons. The summed E-state index contributed by atoms with van der Waals surface area (Å²) in [6.45, 7) is 0. The first-order chi connectivity index (χ1) is 24.3. The molecule has 230 valence electrons. The van der Waals surface area contributed by atoms with Gasteiger partial charge in [0.15, 0.2) is 0 Å². The van der Waals surface area contributed by atoms with E-state index in [0.717, 1.165) is 44.4 Å². The second kappa shape index (κ2) is 11.2. The Bertz CT molecular complexity index is 2850. The Morgan fingerprint density at radius 3 is 1.94 bits per heavy atom. The maximum Gasteiger partial charge on any atom is 0.137 e. The number of benzene rings is 8. The third-order valence-corrected chi connectivity index (χ3v) is 10.8. The van der Waals surface area contributed by atoms with Crippen molar-refractivity contribution < 1.29 is 4.42 Å². The lowest BCUT2D eigenvalue weighted by molar-refractivity contribution is 0.669. The van der Waals surface area contributed by atoms with Gasteiger partial charge in [-0.1, -0.05) is 127 Å². The minimum Gasteiger partial charge on any atom is -0.456 e. The number of nitrogens with one attached hydrogen (secondary N) is 1. The molecule has 2 aromatic heterocycles. The fourth-order valence-corrected chi connectivity index (χ4v) is 8.50. The summed E-state index contributed by atoms with van der Waals surface area (Å²) in [5.74, 6) is 0. The van der Waals surface area contributed by atoms with Gasteiger partial charge in [0.25, 0.3) is 0 Å². The highest BCUT2D eigenvalue weighted by molar-refractivity contribution is 7.25. The smallest absolute Gasteiger partial charge is 0.137 e. The summed E-state index contributed by atoms with van der Waals surface area (Å²) in [5.41, 5.74) is 11.0. The van der Waals surface area contributed by atoms with Gasteiger partial charge in [-0.25, -0.2) is 0 Å². The molecule has 8 aromatic carbocycles. The van der Waals surface area contributed by atoms with E-state index >= 15 is 0 Å². The second-order valence-corrected chi connectivity index (χ2v) is 13.7. The molecular weight excluding hydrogens is 615 g/mol. The summed E-state index contributed by atoms with van der Waals surface area (Å²) >= 11 is 1.85. The lowest BCUT2D eigenvalue weighted by atomic mass is 9.94. The lowest BCUT2D eigenvalue weighted by Gasteiger charge is -2.12. The van der Waals surface area contributed by atoms with Gasteiger partial charge in [0.1, 0.15) is 11.2 Å². The van der Waals surface area contributed by atoms with E-state index in [-0.39, 0.29) is 0 Å². The van der Waals surface area contributed by atoms with Gasteiger partial charge in [0, 0.05) is 31.2 Å². The quantitative estimate of drug-likeness (QED) is 0.202. The van der Waals surface area contributed by atoms with Crippen molar-refractivity contribution in [3.63, 3.8) is 0 Å². The van der Waals surface area contributed by atoms with Gasteiger partial charge in [-0.05, 0) is 86.6 Å². The molecule has 2 heterocycles. The van der Waals surface area contributed by atoms with Gasteiger partial charge in [-0.3, -0.25) is 0 Å². The number of furan rings is 1. The molecule has 0 bridgehead atoms. The van der Waals surface area contributed by atoms with Crippen molar-refractivity contribution in [2.24, 2.45) is 0 Å². The molecular formula is C46H29NOS. The van der Waals surface area contributed by atoms with Crippen molar-refractivity contribution >= 4 is 75.6 Å². The van der Waals surface area contributed by atoms with Crippen LogP contribution in [0.2, 0.25) is 0 Å². The van der Waals surface area contributed by atoms with Crippen LogP contribution in [0.5, 0.6) is 0 Å². The van der Waals surface area contributed by atoms with Gasteiger partial charge in [-0.15, -0.1) is 11.3 Å². The minimum absolute atomic E-state index is 0.867. The van der Waals surface area contributed by atoms with Gasteiger partial charge in [0.2, 0.25) is 0 Å². The Balaban J connectivity index is 1.03. The summed E-state index contributed by atoms with van der Waals surface area (Å²) < 4.78 is 9.09. The third kappa shape index (κ3) is 4.70. The summed E-state index contributed by atoms with van der Waals surface area (Å²) in [7, 11) is 0. The van der Waals surface area contributed by atoms with Crippen LogP contribution >= 0.6 is 11.3 Å². The first-order valence-electron chi connectivity index (χ1n) is 16.6. The van der Waals surface area contributed by atoms with Crippen LogP contribution in [0.15, 0.2) is 174 Å². The molecule has 10 rings (SSSR count). The Morgan fingerprint density at radius 1 is 0.408 bits per heavy atom. The fraction of sp³-hybridized carbons (Fsp3) is 0. The van der Waals surface area contributed by atoms with Gasteiger partial charge in [0.05, 0.1) is 11.1 Å². The SMILES string of the molecule is c1cc(Nc2cccc3oc4cccc(-c5ccc(-c6cccc7ccccc67)cc5)c4c23)cc(-c2ccc3c(c2)sc2ccccc23)c1. The summed E-state index contributed by atoms with van der Waals surface area (Å²) in [5, 5.41) is 11.1. The molecule has 0 aliphatic carbocycles. The molecule has 10 aromatic rings. The Labute approximate surface area is 287 Å². The van der Waals surface area contributed by atoms with Crippen molar-refractivity contribution in [3.05, 3.63) is 170 Å². The van der Waals surface area contributed by atoms with E-state index in [1.165, 1.54) is 53.2 Å². The van der Waals surface area contributed by atoms with Crippen LogP contribution in [0.3, 0.4) is 0 Å². The van der Waals surface area contributed by atoms with Crippen LogP contribution in [0.4, 0.5) is 11.4 Å². The normalized spacial score (nSPS) is 11.7. The number of fused-ring (bicyclic) bond motifs is 7. The van der Waals surface area contributed by atoms with Crippen LogP contribution in [0.25, 0.3) is 86.3 Å². The van der Waals surface area contributed by atoms with E-state index in [1.807, 2.05) is 11.3 Å². The number of rotatable bonds is 5. The van der Waals surface area contributed by atoms with Gasteiger partial charge >= 0.3 is 0 Å². The van der Waals surface area contributed by atoms with E-state index in [9.17, 15) is 0 Å². The highest BCUT2D eigenvalue weighted by atomic mass is 32.1. The van der Waals surface area contributed by atoms with Crippen molar-refractivity contribution in [2.75, 3.05) is 5.32 Å². The molecule has 2 nitrogen and oxygen atoms in total. The summed E-state index contributed by atoms with van der Waals surface area (Å²) in [4.78, 5) is 0. The zero-order valence-electron chi connectivity index (χ0n) is 26.5. The van der Waals surface area contributed by atoms with Crippen molar-refractivity contribution in [1.29, 1.82) is 0 Å². The van der Waals surface area contributed by atoms with Crippen LogP contribution in [-0.2, 0) is 0 Å². The van der Waals surface area contributed by atoms with Gasteiger partial charge in [-0.2, -0.15) is 0 Å². The fourth-order valence-electron chi connectivity index (χ4n) is 7.36. The third-order valence-electron chi connectivity index (χ3n) is 9.67. The number of hydrogen-bond acceptors (Lipinski definition) is 3. The summed E-state index contributed by atoms with van der Waals surface area (Å²) in [6, 6.07) is 60.8. The second-order valence-electron chi connectivity index (χ2n) is 12.6. The predicted molar refractivity (Wildman–Crippen MR) is 210 cm³/mol. The molecule has 49 heavy (non-hydrogen) atoms. The zero-order valence-corrected chi connectivity index (χ0v) is 27.3. The van der Waals surface area contributed by atoms with Crippen LogP contribution in [0, 0.1) is 0 Å². The van der Waals surface area contributed by atoms with Crippen molar-refractivity contribution in [3.8, 4) is 33.4 Å². The molecule has 0 atom stereocenters. The first kappa shape index (κ1) is 27.9. The minimum atomic E-state index is 0.867. The Morgan fingerprint density at radius 2 is 1.04 bits per heavy atom. The molecule has 0 amide bonds. The molecule has 1 N–H and O–H groups in total. The predicted octanol–water partition coefficient (Wildman–Crippen LogP) is 13.9. The van der Waals surface area contributed by atoms with E-state index in [2.05, 4.69) is 175 Å². The molecule has 0 saturated heterocycles. The molecule has 0 fully saturated rings. The summed E-state index contributed by atoms with van der Waals surface area (Å²) in [6.07, 6.45) is 0. The highest BCUT2D eigenvalue weighted by Crippen LogP contribution is 2.42. The lowest BCUT2D eigenvalue weighted by Crippen LogP contribution is -1.92. The topological polar surface area (TPSA) is 25.2 Å². The Kier molecular flexibility index (Phi) is 6.39. The average Bonchev–Trinajstić information content (AvgIpc) is 3.73. The zero-order chi connectivity index (χ0) is 32.3. The number of thiophene rings is 1. The van der Waals surface area contributed by atoms with Crippen LogP contribution in [0.1, 0.15) is 0 Å². The van der Waals surface area contributed by atoms with E-state index in [1.54, 1.807) is 0 Å².